The van der Waals surface area contributed by atoms with E-state index in [1.165, 1.54) is 0 Å². The highest BCUT2D eigenvalue weighted by Crippen LogP contribution is 2.25. The molecule has 0 spiro atoms. The van der Waals surface area contributed by atoms with E-state index in [9.17, 15) is 9.90 Å². The Morgan fingerprint density at radius 1 is 1.45 bits per heavy atom. The summed E-state index contributed by atoms with van der Waals surface area (Å²) in [6.07, 6.45) is 3.66. The van der Waals surface area contributed by atoms with Gasteiger partial charge < -0.3 is 9.84 Å². The molecule has 1 aliphatic rings. The maximum atomic E-state index is 11.4. The van der Waals surface area contributed by atoms with Gasteiger partial charge in [0, 0.05) is 6.04 Å². The average Bonchev–Trinajstić information content (AvgIpc) is 2.47. The van der Waals surface area contributed by atoms with Crippen LogP contribution >= 0.6 is 0 Å². The number of nitrogens with zero attached hydrogens (tertiary/aromatic N) is 1. The molecule has 1 N–H and O–H groups in total. The minimum absolute atomic E-state index is 0.202. The van der Waals surface area contributed by atoms with Crippen LogP contribution < -0.4 is 4.74 Å². The first-order valence-electron chi connectivity index (χ1n) is 7.24. The number of methoxy groups -OCH3 is 1. The maximum Gasteiger partial charge on any atom is 0.320 e. The molecule has 1 aromatic carbocycles. The lowest BCUT2D eigenvalue weighted by atomic mass is 9.97. The number of aliphatic carboxylic acids is 1. The molecule has 1 aromatic rings. The molecule has 4 nitrogen and oxygen atoms in total. The van der Waals surface area contributed by atoms with Gasteiger partial charge in [-0.05, 0) is 44.4 Å². The number of likely N-dealkylation sites (tertiary alicyclic amines) is 1. The number of carboxylic acid groups (broad SMARTS) is 1. The summed E-state index contributed by atoms with van der Waals surface area (Å²) in [5.74, 6) is 0.180. The van der Waals surface area contributed by atoms with Crippen LogP contribution in [-0.2, 0) is 11.2 Å². The van der Waals surface area contributed by atoms with E-state index in [1.54, 1.807) is 7.11 Å². The Balaban J connectivity index is 2.09. The molecular weight excluding hydrogens is 254 g/mol. The topological polar surface area (TPSA) is 49.8 Å². The van der Waals surface area contributed by atoms with Crippen molar-refractivity contribution in [2.24, 2.45) is 0 Å². The highest BCUT2D eigenvalue weighted by molar-refractivity contribution is 5.73. The van der Waals surface area contributed by atoms with Gasteiger partial charge in [-0.25, -0.2) is 0 Å². The summed E-state index contributed by atoms with van der Waals surface area (Å²) in [5, 5.41) is 9.36. The molecule has 2 unspecified atom stereocenters. The lowest BCUT2D eigenvalue weighted by Crippen LogP contribution is -2.49. The molecular formula is C16H23NO3. The largest absolute Gasteiger partial charge is 0.496 e. The molecule has 0 aromatic heterocycles. The van der Waals surface area contributed by atoms with Gasteiger partial charge in [0.1, 0.15) is 11.8 Å². The summed E-state index contributed by atoms with van der Waals surface area (Å²) in [5.41, 5.74) is 1.14. The fourth-order valence-electron chi connectivity index (χ4n) is 3.05. The second-order valence-electron chi connectivity index (χ2n) is 5.45. The van der Waals surface area contributed by atoms with E-state index in [-0.39, 0.29) is 12.1 Å². The average molecular weight is 277 g/mol. The monoisotopic (exact) mass is 277 g/mol. The second kappa shape index (κ2) is 6.75. The van der Waals surface area contributed by atoms with Gasteiger partial charge in [0.2, 0.25) is 0 Å². The zero-order valence-electron chi connectivity index (χ0n) is 12.2. The second-order valence-corrected chi connectivity index (χ2v) is 5.45. The van der Waals surface area contributed by atoms with E-state index in [2.05, 4.69) is 17.9 Å². The number of carboxylic acids is 1. The molecule has 0 bridgehead atoms. The van der Waals surface area contributed by atoms with Gasteiger partial charge in [0.15, 0.2) is 0 Å². The Bertz CT molecular complexity index is 461. The number of benzene rings is 1. The zero-order valence-corrected chi connectivity index (χ0v) is 12.2. The third kappa shape index (κ3) is 3.31. The van der Waals surface area contributed by atoms with Crippen molar-refractivity contribution < 1.29 is 14.6 Å². The highest BCUT2D eigenvalue weighted by atomic mass is 16.5. The van der Waals surface area contributed by atoms with E-state index in [0.29, 0.717) is 0 Å². The number of hydrogen-bond acceptors (Lipinski definition) is 3. The van der Waals surface area contributed by atoms with Crippen LogP contribution in [0.1, 0.15) is 31.7 Å². The third-order valence-electron chi connectivity index (χ3n) is 4.10. The van der Waals surface area contributed by atoms with Crippen molar-refractivity contribution in [1.29, 1.82) is 0 Å². The molecule has 20 heavy (non-hydrogen) atoms. The summed E-state index contributed by atoms with van der Waals surface area (Å²) in [6, 6.07) is 7.81. The standard InChI is InChI=1S/C16H23NO3/c1-12(11-13-7-3-4-9-15(13)20-2)17-10-6-5-8-14(17)16(18)19/h3-4,7,9,12,14H,5-6,8,10-11H2,1-2H3,(H,18,19). The molecule has 1 saturated heterocycles. The Hall–Kier alpha value is -1.55. The quantitative estimate of drug-likeness (QED) is 0.898. The number of carbonyl (C=O) groups is 1. The predicted molar refractivity (Wildman–Crippen MR) is 78.1 cm³/mol. The molecule has 1 fully saturated rings. The zero-order chi connectivity index (χ0) is 14.5. The van der Waals surface area contributed by atoms with Crippen LogP contribution in [0.25, 0.3) is 0 Å². The fraction of sp³-hybridized carbons (Fsp3) is 0.562. The van der Waals surface area contributed by atoms with Crippen LogP contribution in [0, 0.1) is 0 Å². The van der Waals surface area contributed by atoms with E-state index in [0.717, 1.165) is 43.5 Å². The van der Waals surface area contributed by atoms with Crippen LogP contribution in [0.15, 0.2) is 24.3 Å². The number of rotatable bonds is 5. The van der Waals surface area contributed by atoms with Crippen LogP contribution in [0.3, 0.4) is 0 Å². The van der Waals surface area contributed by atoms with Crippen molar-refractivity contribution in [2.75, 3.05) is 13.7 Å². The van der Waals surface area contributed by atoms with E-state index < -0.39 is 5.97 Å². The summed E-state index contributed by atoms with van der Waals surface area (Å²) in [4.78, 5) is 13.5. The van der Waals surface area contributed by atoms with Gasteiger partial charge >= 0.3 is 5.97 Å². The van der Waals surface area contributed by atoms with Crippen molar-refractivity contribution in [3.63, 3.8) is 0 Å². The van der Waals surface area contributed by atoms with Crippen LogP contribution in [-0.4, -0.2) is 41.7 Å². The summed E-state index contributed by atoms with van der Waals surface area (Å²) >= 11 is 0. The Kier molecular flexibility index (Phi) is 5.01. The van der Waals surface area contributed by atoms with E-state index in [4.69, 9.17) is 4.74 Å². The minimum Gasteiger partial charge on any atom is -0.496 e. The number of ether oxygens (including phenoxy) is 1. The molecule has 0 aliphatic carbocycles. The number of para-hydroxylation sites is 1. The normalized spacial score (nSPS) is 21.4. The Morgan fingerprint density at radius 2 is 2.20 bits per heavy atom. The lowest BCUT2D eigenvalue weighted by molar-refractivity contribution is -0.145. The molecule has 0 amide bonds. The van der Waals surface area contributed by atoms with Gasteiger partial charge in [-0.15, -0.1) is 0 Å². The Labute approximate surface area is 120 Å². The van der Waals surface area contributed by atoms with Crippen LogP contribution in [0.4, 0.5) is 0 Å². The first-order valence-corrected chi connectivity index (χ1v) is 7.24. The van der Waals surface area contributed by atoms with Crippen molar-refractivity contribution in [3.8, 4) is 5.75 Å². The van der Waals surface area contributed by atoms with Crippen molar-refractivity contribution >= 4 is 5.97 Å². The molecule has 1 aliphatic heterocycles. The molecule has 4 heteroatoms. The Morgan fingerprint density at radius 3 is 2.90 bits per heavy atom. The minimum atomic E-state index is -0.698. The maximum absolute atomic E-state index is 11.4. The van der Waals surface area contributed by atoms with E-state index >= 15 is 0 Å². The smallest absolute Gasteiger partial charge is 0.320 e. The summed E-state index contributed by atoms with van der Waals surface area (Å²) < 4.78 is 5.37. The molecule has 0 radical (unpaired) electrons. The van der Waals surface area contributed by atoms with Crippen LogP contribution in [0.5, 0.6) is 5.75 Å². The van der Waals surface area contributed by atoms with E-state index in [1.807, 2.05) is 18.2 Å². The fourth-order valence-corrected chi connectivity index (χ4v) is 3.05. The SMILES string of the molecule is COc1ccccc1CC(C)N1CCCCC1C(=O)O. The molecule has 0 saturated carbocycles. The number of piperidine rings is 1. The third-order valence-corrected chi connectivity index (χ3v) is 4.10. The number of hydrogen-bond donors (Lipinski definition) is 1. The van der Waals surface area contributed by atoms with Crippen molar-refractivity contribution in [3.05, 3.63) is 29.8 Å². The lowest BCUT2D eigenvalue weighted by Gasteiger charge is -2.37. The van der Waals surface area contributed by atoms with Gasteiger partial charge in [-0.3, -0.25) is 9.69 Å². The van der Waals surface area contributed by atoms with Gasteiger partial charge in [0.05, 0.1) is 7.11 Å². The van der Waals surface area contributed by atoms with Gasteiger partial charge in [-0.2, -0.15) is 0 Å². The van der Waals surface area contributed by atoms with Crippen LogP contribution in [0.2, 0.25) is 0 Å². The predicted octanol–water partition coefficient (Wildman–Crippen LogP) is 2.57. The van der Waals surface area contributed by atoms with Gasteiger partial charge in [-0.1, -0.05) is 24.6 Å². The molecule has 2 atom stereocenters. The van der Waals surface area contributed by atoms with Crippen molar-refractivity contribution in [1.82, 2.24) is 4.90 Å². The summed E-state index contributed by atoms with van der Waals surface area (Å²) in [6.45, 7) is 2.97. The van der Waals surface area contributed by atoms with Gasteiger partial charge in [0.25, 0.3) is 0 Å². The highest BCUT2D eigenvalue weighted by Gasteiger charge is 2.31. The first-order chi connectivity index (χ1) is 9.63. The molecule has 1 heterocycles. The molecule has 2 rings (SSSR count). The van der Waals surface area contributed by atoms with Crippen molar-refractivity contribution in [2.45, 2.75) is 44.7 Å². The summed E-state index contributed by atoms with van der Waals surface area (Å²) in [7, 11) is 1.67. The first kappa shape index (κ1) is 14.9. The molecule has 110 valence electrons.